The van der Waals surface area contributed by atoms with Gasteiger partial charge in [-0.2, -0.15) is 11.8 Å². The first-order chi connectivity index (χ1) is 9.11. The molecule has 1 aromatic rings. The van der Waals surface area contributed by atoms with Crippen LogP contribution in [0, 0.1) is 0 Å². The van der Waals surface area contributed by atoms with Crippen LogP contribution in [0.4, 0.5) is 0 Å². The van der Waals surface area contributed by atoms with E-state index in [4.69, 9.17) is 11.6 Å². The van der Waals surface area contributed by atoms with Gasteiger partial charge in [0.15, 0.2) is 0 Å². The summed E-state index contributed by atoms with van der Waals surface area (Å²) in [7, 11) is 1.89. The van der Waals surface area contributed by atoms with Crippen molar-refractivity contribution in [1.29, 1.82) is 0 Å². The van der Waals surface area contributed by atoms with Gasteiger partial charge in [-0.1, -0.05) is 18.5 Å². The fraction of sp³-hybridized carbons (Fsp3) is 0.571. The zero-order chi connectivity index (χ0) is 13.8. The molecular formula is C14H19ClN2OS. The van der Waals surface area contributed by atoms with Gasteiger partial charge in [0.25, 0.3) is 5.91 Å². The van der Waals surface area contributed by atoms with Gasteiger partial charge >= 0.3 is 0 Å². The van der Waals surface area contributed by atoms with Crippen LogP contribution in [0.2, 0.25) is 5.15 Å². The number of rotatable bonds is 4. The second-order valence-corrected chi connectivity index (χ2v) is 6.79. The lowest BCUT2D eigenvalue weighted by Gasteiger charge is -2.24. The molecule has 0 spiro atoms. The highest BCUT2D eigenvalue weighted by Gasteiger charge is 2.30. The first kappa shape index (κ1) is 14.7. The van der Waals surface area contributed by atoms with Crippen LogP contribution >= 0.6 is 23.4 Å². The van der Waals surface area contributed by atoms with Crippen molar-refractivity contribution in [2.45, 2.75) is 37.5 Å². The number of carbonyl (C=O) groups excluding carboxylic acids is 1. The highest BCUT2D eigenvalue weighted by Crippen LogP contribution is 2.32. The molecule has 0 saturated heterocycles. The van der Waals surface area contributed by atoms with E-state index in [2.05, 4.69) is 11.9 Å². The maximum Gasteiger partial charge on any atom is 0.255 e. The molecule has 104 valence electrons. The van der Waals surface area contributed by atoms with Crippen molar-refractivity contribution in [3.8, 4) is 0 Å². The van der Waals surface area contributed by atoms with Crippen molar-refractivity contribution >= 4 is 29.3 Å². The molecule has 1 amide bonds. The van der Waals surface area contributed by atoms with E-state index in [0.717, 1.165) is 18.6 Å². The van der Waals surface area contributed by atoms with Crippen LogP contribution in [0.5, 0.6) is 0 Å². The quantitative estimate of drug-likeness (QED) is 0.798. The summed E-state index contributed by atoms with van der Waals surface area (Å²) in [5.74, 6) is 1.19. The van der Waals surface area contributed by atoms with E-state index in [1.807, 2.05) is 23.7 Å². The molecule has 0 bridgehead atoms. The van der Waals surface area contributed by atoms with E-state index >= 15 is 0 Å². The van der Waals surface area contributed by atoms with Crippen LogP contribution in [0.25, 0.3) is 0 Å². The molecule has 3 nitrogen and oxygen atoms in total. The molecular weight excluding hydrogens is 280 g/mol. The summed E-state index contributed by atoms with van der Waals surface area (Å²) < 4.78 is 0. The Morgan fingerprint density at radius 2 is 2.32 bits per heavy atom. The first-order valence-corrected chi connectivity index (χ1v) is 8.04. The minimum atomic E-state index is 0.0383. The second kappa shape index (κ2) is 6.62. The number of hydrogen-bond acceptors (Lipinski definition) is 3. The van der Waals surface area contributed by atoms with E-state index in [9.17, 15) is 4.79 Å². The molecule has 1 aliphatic rings. The predicted molar refractivity (Wildman–Crippen MR) is 80.9 cm³/mol. The Morgan fingerprint density at radius 3 is 2.95 bits per heavy atom. The van der Waals surface area contributed by atoms with Gasteiger partial charge in [0.05, 0.1) is 5.56 Å². The van der Waals surface area contributed by atoms with Crippen molar-refractivity contribution in [3.63, 3.8) is 0 Å². The lowest BCUT2D eigenvalue weighted by molar-refractivity contribution is 0.0735. The molecule has 2 unspecified atom stereocenters. The Morgan fingerprint density at radius 1 is 1.53 bits per heavy atom. The van der Waals surface area contributed by atoms with E-state index < -0.39 is 0 Å². The molecule has 0 aliphatic heterocycles. The van der Waals surface area contributed by atoms with E-state index in [1.165, 1.54) is 6.42 Å². The highest BCUT2D eigenvalue weighted by atomic mass is 35.5. The van der Waals surface area contributed by atoms with Crippen LogP contribution in [-0.2, 0) is 0 Å². The van der Waals surface area contributed by atoms with Crippen molar-refractivity contribution in [3.05, 3.63) is 29.0 Å². The van der Waals surface area contributed by atoms with Gasteiger partial charge in [-0.3, -0.25) is 4.79 Å². The molecule has 2 rings (SSSR count). The minimum absolute atomic E-state index is 0.0383. The Bertz CT molecular complexity index is 438. The Hall–Kier alpha value is -0.740. The van der Waals surface area contributed by atoms with Crippen LogP contribution in [-0.4, -0.2) is 39.9 Å². The summed E-state index contributed by atoms with van der Waals surface area (Å²) in [5, 5.41) is 1.12. The average molecular weight is 299 g/mol. The Kier molecular flexibility index (Phi) is 5.11. The van der Waals surface area contributed by atoms with Gasteiger partial charge < -0.3 is 4.90 Å². The van der Waals surface area contributed by atoms with Gasteiger partial charge in [-0.15, -0.1) is 0 Å². The molecule has 5 heteroatoms. The van der Waals surface area contributed by atoms with Gasteiger partial charge in [0.2, 0.25) is 0 Å². The number of halogens is 1. The monoisotopic (exact) mass is 298 g/mol. The Balaban J connectivity index is 1.98. The lowest BCUT2D eigenvalue weighted by Crippen LogP contribution is -2.35. The van der Waals surface area contributed by atoms with Crippen LogP contribution in [0.1, 0.15) is 36.5 Å². The van der Waals surface area contributed by atoms with Gasteiger partial charge in [0, 0.05) is 24.5 Å². The fourth-order valence-electron chi connectivity index (χ4n) is 2.53. The maximum atomic E-state index is 12.3. The number of amides is 1. The van der Waals surface area contributed by atoms with Gasteiger partial charge in [-0.25, -0.2) is 4.98 Å². The average Bonchev–Trinajstić information content (AvgIpc) is 2.87. The highest BCUT2D eigenvalue weighted by molar-refractivity contribution is 7.99. The third kappa shape index (κ3) is 3.63. The third-order valence-corrected chi connectivity index (χ3v) is 5.06. The van der Waals surface area contributed by atoms with E-state index in [0.29, 0.717) is 22.0 Å². The molecule has 1 heterocycles. The maximum absolute atomic E-state index is 12.3. The zero-order valence-electron chi connectivity index (χ0n) is 11.3. The van der Waals surface area contributed by atoms with E-state index in [-0.39, 0.29) is 5.91 Å². The number of hydrogen-bond donors (Lipinski definition) is 0. The number of carbonyl (C=O) groups is 1. The number of thioether (sulfide) groups is 1. The van der Waals surface area contributed by atoms with Crippen LogP contribution in [0.15, 0.2) is 18.3 Å². The van der Waals surface area contributed by atoms with Gasteiger partial charge in [-0.05, 0) is 37.1 Å². The summed E-state index contributed by atoms with van der Waals surface area (Å²) in [4.78, 5) is 18.2. The summed E-state index contributed by atoms with van der Waals surface area (Å²) in [5.41, 5.74) is 0.610. The molecule has 1 aromatic heterocycles. The zero-order valence-corrected chi connectivity index (χ0v) is 12.9. The molecule has 19 heavy (non-hydrogen) atoms. The molecule has 0 N–H and O–H groups in total. The van der Waals surface area contributed by atoms with Crippen molar-refractivity contribution < 1.29 is 4.79 Å². The largest absolute Gasteiger partial charge is 0.339 e. The van der Waals surface area contributed by atoms with Crippen molar-refractivity contribution in [2.24, 2.45) is 0 Å². The SMILES string of the molecule is CCSC1CCC(N(C)C(=O)c2ccc(Cl)nc2)C1. The first-order valence-electron chi connectivity index (χ1n) is 6.62. The fourth-order valence-corrected chi connectivity index (χ4v) is 3.77. The number of pyridine rings is 1. The summed E-state index contributed by atoms with van der Waals surface area (Å²) in [6, 6.07) is 3.75. The second-order valence-electron chi connectivity index (χ2n) is 4.83. The molecule has 0 aromatic carbocycles. The lowest BCUT2D eigenvalue weighted by atomic mass is 10.2. The summed E-state index contributed by atoms with van der Waals surface area (Å²) in [6.45, 7) is 2.19. The normalized spacial score (nSPS) is 22.5. The predicted octanol–water partition coefficient (Wildman–Crippen LogP) is 3.48. The topological polar surface area (TPSA) is 33.2 Å². The molecule has 1 saturated carbocycles. The number of nitrogens with zero attached hydrogens (tertiary/aromatic N) is 2. The van der Waals surface area contributed by atoms with Crippen LogP contribution in [0.3, 0.4) is 0 Å². The Labute approximate surface area is 123 Å². The molecule has 2 atom stereocenters. The summed E-state index contributed by atoms with van der Waals surface area (Å²) >= 11 is 7.74. The molecule has 1 fully saturated rings. The van der Waals surface area contributed by atoms with Crippen molar-refractivity contribution in [2.75, 3.05) is 12.8 Å². The number of aromatic nitrogens is 1. The van der Waals surface area contributed by atoms with Crippen LogP contribution < -0.4 is 0 Å². The molecule has 0 radical (unpaired) electrons. The third-order valence-electron chi connectivity index (χ3n) is 3.60. The smallest absolute Gasteiger partial charge is 0.255 e. The van der Waals surface area contributed by atoms with E-state index in [1.54, 1.807) is 18.3 Å². The summed E-state index contributed by atoms with van der Waals surface area (Å²) in [6.07, 6.45) is 4.96. The van der Waals surface area contributed by atoms with Crippen molar-refractivity contribution in [1.82, 2.24) is 9.88 Å². The van der Waals surface area contributed by atoms with Gasteiger partial charge in [0.1, 0.15) is 5.15 Å². The standard InChI is InChI=1S/C14H19ClN2OS/c1-3-19-12-6-5-11(8-12)17(2)14(18)10-4-7-13(15)16-9-10/h4,7,9,11-12H,3,5-6,8H2,1-2H3. The molecule has 1 aliphatic carbocycles. The minimum Gasteiger partial charge on any atom is -0.339 e.